The fourth-order valence-corrected chi connectivity index (χ4v) is 5.26. The number of halogens is 1. The Morgan fingerprint density at radius 3 is 2.71 bits per heavy atom. The molecular weight excluding hydrogens is 443 g/mol. The number of fused-ring (bicyclic) bond motifs is 3. The van der Waals surface area contributed by atoms with Gasteiger partial charge in [-0.3, -0.25) is 5.32 Å². The molecule has 35 heavy (non-hydrogen) atoms. The Balaban J connectivity index is 1.49. The van der Waals surface area contributed by atoms with E-state index in [1.807, 2.05) is 13.0 Å². The van der Waals surface area contributed by atoms with Crippen LogP contribution in [0.2, 0.25) is 0 Å². The zero-order valence-corrected chi connectivity index (χ0v) is 19.7. The van der Waals surface area contributed by atoms with Crippen molar-refractivity contribution in [2.75, 3.05) is 0 Å². The number of unbranched alkanes of at least 4 members (excludes halogenated alkanes) is 1. The van der Waals surface area contributed by atoms with Crippen molar-refractivity contribution >= 4 is 10.9 Å². The van der Waals surface area contributed by atoms with Crippen LogP contribution in [0.1, 0.15) is 61.0 Å². The minimum atomic E-state index is -0.645. The standard InChI is InChI=1S/C27H27FN6O/c1-3-4-13-27(26-30-16(2)35-34-26)24-20(19-7-5-6-8-21(19)31-24)14-22(33-27)25-29-15-23(32-25)17-9-11-18(28)12-10-17/h5-12,15,22,31,33H,3-4,13-14H2,1-2H3,(H,29,32)/t22-,27?/m1/s1. The van der Waals surface area contributed by atoms with Crippen LogP contribution in [0.25, 0.3) is 22.2 Å². The van der Waals surface area contributed by atoms with Gasteiger partial charge in [0.1, 0.15) is 17.2 Å². The fraction of sp³-hybridized carbons (Fsp3) is 0.296. The highest BCUT2D eigenvalue weighted by Crippen LogP contribution is 2.44. The van der Waals surface area contributed by atoms with Gasteiger partial charge in [0.25, 0.3) is 0 Å². The van der Waals surface area contributed by atoms with Crippen molar-refractivity contribution in [1.29, 1.82) is 0 Å². The minimum absolute atomic E-state index is 0.105. The number of para-hydroxylation sites is 1. The van der Waals surface area contributed by atoms with Gasteiger partial charge in [-0.2, -0.15) is 4.98 Å². The highest BCUT2D eigenvalue weighted by molar-refractivity contribution is 5.85. The van der Waals surface area contributed by atoms with Crippen molar-refractivity contribution < 1.29 is 8.91 Å². The molecule has 3 aromatic heterocycles. The van der Waals surface area contributed by atoms with Crippen LogP contribution in [0.5, 0.6) is 0 Å². The molecule has 0 bridgehead atoms. The minimum Gasteiger partial charge on any atom is -0.356 e. The Hall–Kier alpha value is -3.78. The average Bonchev–Trinajstić information content (AvgIpc) is 3.62. The van der Waals surface area contributed by atoms with Crippen LogP contribution in [0.4, 0.5) is 4.39 Å². The molecule has 1 aliphatic rings. The van der Waals surface area contributed by atoms with Crippen LogP contribution in [0, 0.1) is 12.7 Å². The van der Waals surface area contributed by atoms with Crippen LogP contribution in [-0.4, -0.2) is 25.1 Å². The molecule has 0 amide bonds. The molecule has 7 nitrogen and oxygen atoms in total. The lowest BCUT2D eigenvalue weighted by atomic mass is 9.79. The molecule has 5 aromatic rings. The van der Waals surface area contributed by atoms with Crippen molar-refractivity contribution in [1.82, 2.24) is 30.4 Å². The normalized spacial score (nSPS) is 19.8. The lowest BCUT2D eigenvalue weighted by Crippen LogP contribution is -2.51. The SMILES string of the molecule is CCCCC1(c2noc(C)n2)N[C@@H](c2ncc(-c3ccc(F)cc3)[nH]2)Cc2c1[nH]c1ccccc21. The third-order valence-electron chi connectivity index (χ3n) is 6.96. The Morgan fingerprint density at radius 1 is 1.11 bits per heavy atom. The number of aromatic amines is 2. The maximum Gasteiger partial charge on any atom is 0.223 e. The first-order valence-corrected chi connectivity index (χ1v) is 12.1. The molecule has 1 aliphatic heterocycles. The number of rotatable bonds is 6. The van der Waals surface area contributed by atoms with E-state index in [0.717, 1.165) is 54.0 Å². The second-order valence-corrected chi connectivity index (χ2v) is 9.26. The molecule has 178 valence electrons. The molecule has 0 fully saturated rings. The summed E-state index contributed by atoms with van der Waals surface area (Å²) in [6, 6.07) is 14.7. The molecule has 0 aliphatic carbocycles. The summed E-state index contributed by atoms with van der Waals surface area (Å²) in [5.74, 6) is 1.73. The smallest absolute Gasteiger partial charge is 0.223 e. The first kappa shape index (κ1) is 21.7. The molecule has 1 unspecified atom stereocenters. The number of H-pyrrole nitrogens is 2. The van der Waals surface area contributed by atoms with Crippen molar-refractivity contribution in [2.45, 2.75) is 51.1 Å². The van der Waals surface area contributed by atoms with Gasteiger partial charge in [0, 0.05) is 23.5 Å². The van der Waals surface area contributed by atoms with E-state index < -0.39 is 5.54 Å². The van der Waals surface area contributed by atoms with E-state index in [9.17, 15) is 4.39 Å². The predicted octanol–water partition coefficient (Wildman–Crippen LogP) is 5.71. The number of hydrogen-bond donors (Lipinski definition) is 3. The number of nitrogens with one attached hydrogen (secondary N) is 3. The summed E-state index contributed by atoms with van der Waals surface area (Å²) in [6.07, 6.45) is 5.39. The van der Waals surface area contributed by atoms with Gasteiger partial charge in [-0.05, 0) is 54.3 Å². The summed E-state index contributed by atoms with van der Waals surface area (Å²) in [5.41, 5.74) is 4.51. The van der Waals surface area contributed by atoms with Gasteiger partial charge in [0.2, 0.25) is 5.89 Å². The summed E-state index contributed by atoms with van der Waals surface area (Å²) in [6.45, 7) is 4.00. The van der Waals surface area contributed by atoms with Gasteiger partial charge >= 0.3 is 0 Å². The van der Waals surface area contributed by atoms with Crippen LogP contribution < -0.4 is 5.32 Å². The fourth-order valence-electron chi connectivity index (χ4n) is 5.26. The third-order valence-corrected chi connectivity index (χ3v) is 6.96. The van der Waals surface area contributed by atoms with Gasteiger partial charge in [-0.25, -0.2) is 9.37 Å². The summed E-state index contributed by atoms with van der Waals surface area (Å²) in [5, 5.41) is 9.45. The molecule has 0 radical (unpaired) electrons. The van der Waals surface area contributed by atoms with E-state index >= 15 is 0 Å². The lowest BCUT2D eigenvalue weighted by molar-refractivity contribution is 0.257. The average molecular weight is 471 g/mol. The second-order valence-electron chi connectivity index (χ2n) is 9.26. The van der Waals surface area contributed by atoms with Gasteiger partial charge in [0.15, 0.2) is 5.82 Å². The van der Waals surface area contributed by atoms with Crippen molar-refractivity contribution in [3.63, 3.8) is 0 Å². The highest BCUT2D eigenvalue weighted by Gasteiger charge is 2.47. The zero-order chi connectivity index (χ0) is 24.0. The van der Waals surface area contributed by atoms with Crippen molar-refractivity contribution in [3.8, 4) is 11.3 Å². The van der Waals surface area contributed by atoms with Gasteiger partial charge in [-0.15, -0.1) is 0 Å². The largest absolute Gasteiger partial charge is 0.356 e. The maximum absolute atomic E-state index is 13.4. The van der Waals surface area contributed by atoms with Gasteiger partial charge in [0.05, 0.1) is 17.9 Å². The molecule has 3 N–H and O–H groups in total. The molecule has 0 spiro atoms. The quantitative estimate of drug-likeness (QED) is 0.295. The van der Waals surface area contributed by atoms with E-state index in [1.54, 1.807) is 18.3 Å². The van der Waals surface area contributed by atoms with E-state index in [0.29, 0.717) is 11.7 Å². The summed E-state index contributed by atoms with van der Waals surface area (Å²) in [7, 11) is 0. The number of aryl methyl sites for hydroxylation is 1. The van der Waals surface area contributed by atoms with E-state index in [1.165, 1.54) is 23.1 Å². The van der Waals surface area contributed by atoms with Crippen LogP contribution in [-0.2, 0) is 12.0 Å². The molecule has 8 heteroatoms. The molecule has 0 saturated heterocycles. The highest BCUT2D eigenvalue weighted by atomic mass is 19.1. The summed E-state index contributed by atoms with van der Waals surface area (Å²) >= 11 is 0. The zero-order valence-electron chi connectivity index (χ0n) is 19.7. The molecule has 4 heterocycles. The van der Waals surface area contributed by atoms with Gasteiger partial charge in [-0.1, -0.05) is 43.1 Å². The number of imidazole rings is 1. The third kappa shape index (κ3) is 3.65. The Morgan fingerprint density at radius 2 is 1.94 bits per heavy atom. The van der Waals surface area contributed by atoms with Crippen molar-refractivity contribution in [3.05, 3.63) is 89.3 Å². The second kappa shape index (κ2) is 8.46. The van der Waals surface area contributed by atoms with E-state index in [2.05, 4.69) is 45.6 Å². The molecule has 2 atom stereocenters. The van der Waals surface area contributed by atoms with Crippen molar-refractivity contribution in [2.24, 2.45) is 0 Å². The van der Waals surface area contributed by atoms with Gasteiger partial charge < -0.3 is 14.5 Å². The Kier molecular flexibility index (Phi) is 5.25. The van der Waals surface area contributed by atoms with Crippen LogP contribution >= 0.6 is 0 Å². The first-order chi connectivity index (χ1) is 17.1. The number of nitrogens with zero attached hydrogens (tertiary/aromatic N) is 3. The lowest BCUT2D eigenvalue weighted by Gasteiger charge is -2.40. The van der Waals surface area contributed by atoms with Crippen LogP contribution in [0.3, 0.4) is 0 Å². The number of benzene rings is 2. The maximum atomic E-state index is 13.4. The summed E-state index contributed by atoms with van der Waals surface area (Å²) < 4.78 is 18.9. The topological polar surface area (TPSA) is 95.4 Å². The van der Waals surface area contributed by atoms with E-state index in [4.69, 9.17) is 14.5 Å². The molecule has 0 saturated carbocycles. The van der Waals surface area contributed by atoms with E-state index in [-0.39, 0.29) is 11.9 Å². The number of aromatic nitrogens is 5. The van der Waals surface area contributed by atoms with Crippen LogP contribution in [0.15, 0.2) is 59.3 Å². The predicted molar refractivity (Wildman–Crippen MR) is 131 cm³/mol. The Labute approximate surface area is 202 Å². The Bertz CT molecular complexity index is 1480. The molecular formula is C27H27FN6O. The first-order valence-electron chi connectivity index (χ1n) is 12.1. The summed E-state index contributed by atoms with van der Waals surface area (Å²) in [4.78, 5) is 16.6. The molecule has 6 rings (SSSR count). The monoisotopic (exact) mass is 470 g/mol. The number of hydrogen-bond acceptors (Lipinski definition) is 5. The molecule has 2 aromatic carbocycles.